The van der Waals surface area contributed by atoms with Gasteiger partial charge >= 0.3 is 5.97 Å². The van der Waals surface area contributed by atoms with E-state index >= 15 is 0 Å². The monoisotopic (exact) mass is 399 g/mol. The maximum Gasteiger partial charge on any atom is 0.375 e. The second-order valence-corrected chi connectivity index (χ2v) is 6.81. The Hall–Kier alpha value is -3.77. The third kappa shape index (κ3) is 3.27. The molecule has 0 spiro atoms. The Balaban J connectivity index is 2.15. The van der Waals surface area contributed by atoms with Crippen LogP contribution in [0.2, 0.25) is 0 Å². The Bertz CT molecular complexity index is 1030. The lowest BCUT2D eigenvalue weighted by atomic mass is 9.77. The van der Waals surface area contributed by atoms with Crippen LogP contribution < -0.4 is 0 Å². The van der Waals surface area contributed by atoms with Crippen LogP contribution in [0.25, 0.3) is 0 Å². The van der Waals surface area contributed by atoms with Crippen LogP contribution in [0.5, 0.6) is 0 Å². The van der Waals surface area contributed by atoms with Gasteiger partial charge in [-0.25, -0.2) is 14.5 Å². The first-order valence-corrected chi connectivity index (χ1v) is 9.53. The van der Waals surface area contributed by atoms with Crippen LogP contribution in [0.1, 0.15) is 33.1 Å². The Morgan fingerprint density at radius 1 is 0.867 bits per heavy atom. The minimum atomic E-state index is -1.19. The van der Waals surface area contributed by atoms with E-state index in [1.165, 1.54) is 0 Å². The summed E-state index contributed by atoms with van der Waals surface area (Å²) in [7, 11) is 1.55. The summed E-state index contributed by atoms with van der Waals surface area (Å²) in [5, 5.41) is 14.0. The molecule has 0 aliphatic carbocycles. The van der Waals surface area contributed by atoms with Crippen molar-refractivity contribution in [2.75, 3.05) is 7.11 Å². The third-order valence-corrected chi connectivity index (χ3v) is 5.03. The highest BCUT2D eigenvalue weighted by Crippen LogP contribution is 2.41. The topological polar surface area (TPSA) is 77.2 Å². The van der Waals surface area contributed by atoms with Gasteiger partial charge < -0.3 is 9.84 Å². The molecule has 0 radical (unpaired) electrons. The van der Waals surface area contributed by atoms with E-state index in [9.17, 15) is 9.90 Å². The number of nitrogens with zero attached hydrogens (tertiary/aromatic N) is 3. The number of benzene rings is 3. The van der Waals surface area contributed by atoms with Gasteiger partial charge in [-0.05, 0) is 16.7 Å². The van der Waals surface area contributed by atoms with Crippen molar-refractivity contribution < 1.29 is 14.6 Å². The van der Waals surface area contributed by atoms with Crippen molar-refractivity contribution in [2.24, 2.45) is 0 Å². The van der Waals surface area contributed by atoms with Crippen LogP contribution in [-0.2, 0) is 16.9 Å². The van der Waals surface area contributed by atoms with E-state index in [-0.39, 0.29) is 12.4 Å². The van der Waals surface area contributed by atoms with E-state index in [0.29, 0.717) is 5.82 Å². The van der Waals surface area contributed by atoms with Crippen molar-refractivity contribution in [2.45, 2.75) is 12.1 Å². The fourth-order valence-corrected chi connectivity index (χ4v) is 3.83. The van der Waals surface area contributed by atoms with E-state index in [4.69, 9.17) is 4.74 Å². The molecule has 4 aromatic rings. The predicted molar refractivity (Wildman–Crippen MR) is 112 cm³/mol. The van der Waals surface area contributed by atoms with Gasteiger partial charge in [0.05, 0.1) is 0 Å². The summed E-state index contributed by atoms with van der Waals surface area (Å²) in [6, 6.07) is 29.7. The quantitative estimate of drug-likeness (QED) is 0.476. The standard InChI is InChI=1S/C24H21N3O3/c1-30-17-21-25-22(23(28)29)26-27(21)24(18-11-5-2-6-12-18,19-13-7-3-8-14-19)20-15-9-4-10-16-20/h2-16H,17H2,1H3,(H,28,29). The molecular formula is C24H21N3O3. The molecule has 0 fully saturated rings. The highest BCUT2D eigenvalue weighted by molar-refractivity contribution is 5.83. The van der Waals surface area contributed by atoms with Gasteiger partial charge in [0.25, 0.3) is 5.82 Å². The number of carboxylic acids is 1. The van der Waals surface area contributed by atoms with Gasteiger partial charge in [-0.2, -0.15) is 0 Å². The number of methoxy groups -OCH3 is 1. The molecule has 0 saturated carbocycles. The van der Waals surface area contributed by atoms with Crippen molar-refractivity contribution in [3.8, 4) is 0 Å². The molecule has 4 rings (SSSR count). The second-order valence-electron chi connectivity index (χ2n) is 6.81. The summed E-state index contributed by atoms with van der Waals surface area (Å²) in [6.45, 7) is 0.120. The molecule has 1 N–H and O–H groups in total. The molecule has 0 bridgehead atoms. The molecule has 1 aromatic heterocycles. The fourth-order valence-electron chi connectivity index (χ4n) is 3.83. The lowest BCUT2D eigenvalue weighted by Crippen LogP contribution is -2.40. The molecule has 0 aliphatic rings. The minimum absolute atomic E-state index is 0.120. The van der Waals surface area contributed by atoms with Crippen LogP contribution in [0.4, 0.5) is 0 Å². The van der Waals surface area contributed by atoms with Gasteiger partial charge in [0.1, 0.15) is 12.1 Å². The molecule has 30 heavy (non-hydrogen) atoms. The fraction of sp³-hybridized carbons (Fsp3) is 0.125. The van der Waals surface area contributed by atoms with Gasteiger partial charge in [0, 0.05) is 7.11 Å². The number of aromatic carboxylic acids is 1. The molecule has 0 saturated heterocycles. The van der Waals surface area contributed by atoms with E-state index < -0.39 is 11.5 Å². The van der Waals surface area contributed by atoms with Crippen LogP contribution in [0, 0.1) is 0 Å². The molecule has 150 valence electrons. The zero-order valence-electron chi connectivity index (χ0n) is 16.5. The first-order valence-electron chi connectivity index (χ1n) is 9.53. The molecule has 0 amide bonds. The van der Waals surface area contributed by atoms with E-state index in [1.54, 1.807) is 11.8 Å². The second kappa shape index (κ2) is 8.31. The first kappa shape index (κ1) is 19.5. The summed E-state index contributed by atoms with van der Waals surface area (Å²) in [4.78, 5) is 16.0. The Kier molecular flexibility index (Phi) is 5.41. The Morgan fingerprint density at radius 2 is 1.30 bits per heavy atom. The van der Waals surface area contributed by atoms with E-state index in [1.807, 2.05) is 91.0 Å². The molecule has 3 aromatic carbocycles. The highest BCUT2D eigenvalue weighted by atomic mass is 16.5. The summed E-state index contributed by atoms with van der Waals surface area (Å²) < 4.78 is 7.03. The maximum absolute atomic E-state index is 11.7. The molecule has 0 unspecified atom stereocenters. The van der Waals surface area contributed by atoms with Crippen LogP contribution >= 0.6 is 0 Å². The summed E-state index contributed by atoms with van der Waals surface area (Å²) in [5.74, 6) is -1.03. The Labute approximate surface area is 174 Å². The van der Waals surface area contributed by atoms with Gasteiger partial charge in [0.2, 0.25) is 0 Å². The van der Waals surface area contributed by atoms with E-state index in [0.717, 1.165) is 16.7 Å². The smallest absolute Gasteiger partial charge is 0.375 e. The maximum atomic E-state index is 11.7. The van der Waals surface area contributed by atoms with Crippen LogP contribution in [0.15, 0.2) is 91.0 Å². The molecule has 6 nitrogen and oxygen atoms in total. The zero-order valence-corrected chi connectivity index (χ0v) is 16.5. The normalized spacial score (nSPS) is 11.4. The summed E-state index contributed by atoms with van der Waals surface area (Å²) in [6.07, 6.45) is 0. The van der Waals surface area contributed by atoms with Crippen molar-refractivity contribution in [3.63, 3.8) is 0 Å². The first-order chi connectivity index (χ1) is 14.7. The number of carboxylic acid groups (broad SMARTS) is 1. The number of aromatic nitrogens is 3. The zero-order chi connectivity index (χ0) is 21.0. The number of ether oxygens (including phenoxy) is 1. The van der Waals surface area contributed by atoms with Crippen molar-refractivity contribution in [1.82, 2.24) is 14.8 Å². The molecule has 6 heteroatoms. The largest absolute Gasteiger partial charge is 0.475 e. The number of carbonyl (C=O) groups is 1. The van der Waals surface area contributed by atoms with Gasteiger partial charge in [0.15, 0.2) is 5.82 Å². The Morgan fingerprint density at radius 3 is 1.67 bits per heavy atom. The predicted octanol–water partition coefficient (Wildman–Crippen LogP) is 3.96. The van der Waals surface area contributed by atoms with Crippen molar-refractivity contribution in [3.05, 3.63) is 119 Å². The van der Waals surface area contributed by atoms with Crippen LogP contribution in [0.3, 0.4) is 0 Å². The highest BCUT2D eigenvalue weighted by Gasteiger charge is 2.41. The van der Waals surface area contributed by atoms with Gasteiger partial charge in [-0.3, -0.25) is 0 Å². The average Bonchev–Trinajstić information content (AvgIpc) is 3.22. The summed E-state index contributed by atoms with van der Waals surface area (Å²) in [5.41, 5.74) is 1.86. The molecule has 0 atom stereocenters. The van der Waals surface area contributed by atoms with Crippen LogP contribution in [-0.4, -0.2) is 33.0 Å². The van der Waals surface area contributed by atoms with Crippen molar-refractivity contribution in [1.29, 1.82) is 0 Å². The lowest BCUT2D eigenvalue weighted by molar-refractivity contribution is 0.0682. The molecule has 0 aliphatic heterocycles. The lowest BCUT2D eigenvalue weighted by Gasteiger charge is -2.37. The molecular weight excluding hydrogens is 378 g/mol. The number of hydrogen-bond donors (Lipinski definition) is 1. The minimum Gasteiger partial charge on any atom is -0.475 e. The third-order valence-electron chi connectivity index (χ3n) is 5.03. The average molecular weight is 399 g/mol. The SMILES string of the molecule is COCc1nc(C(=O)O)nn1C(c1ccccc1)(c1ccccc1)c1ccccc1. The van der Waals surface area contributed by atoms with Gasteiger partial charge in [-0.1, -0.05) is 91.0 Å². The summed E-state index contributed by atoms with van der Waals surface area (Å²) >= 11 is 0. The van der Waals surface area contributed by atoms with Crippen molar-refractivity contribution >= 4 is 5.97 Å². The molecule has 1 heterocycles. The number of hydrogen-bond acceptors (Lipinski definition) is 4. The number of rotatable bonds is 7. The van der Waals surface area contributed by atoms with Gasteiger partial charge in [-0.15, -0.1) is 5.10 Å². The van der Waals surface area contributed by atoms with E-state index in [2.05, 4.69) is 10.1 Å².